The molecule has 1 aromatic carbocycles. The van der Waals surface area contributed by atoms with Crippen molar-refractivity contribution < 1.29 is 9.59 Å². The second-order valence-corrected chi connectivity index (χ2v) is 6.30. The van der Waals surface area contributed by atoms with Gasteiger partial charge in [0.05, 0.1) is 5.54 Å². The molecule has 1 aromatic rings. The van der Waals surface area contributed by atoms with Gasteiger partial charge in [-0.1, -0.05) is 31.4 Å². The molecule has 0 radical (unpaired) electrons. The lowest BCUT2D eigenvalue weighted by molar-refractivity contribution is -0.127. The van der Waals surface area contributed by atoms with Gasteiger partial charge in [-0.25, -0.2) is 0 Å². The van der Waals surface area contributed by atoms with Gasteiger partial charge in [0, 0.05) is 26.2 Å². The summed E-state index contributed by atoms with van der Waals surface area (Å²) in [5.74, 6) is -0.0978. The first-order valence-electron chi connectivity index (χ1n) is 7.80. The van der Waals surface area contributed by atoms with Gasteiger partial charge >= 0.3 is 0 Å². The third-order valence-corrected chi connectivity index (χ3v) is 4.26. The lowest BCUT2D eigenvalue weighted by Gasteiger charge is -2.31. The zero-order valence-electron chi connectivity index (χ0n) is 13.8. The quantitative estimate of drug-likeness (QED) is 0.882. The van der Waals surface area contributed by atoms with Gasteiger partial charge in [0.2, 0.25) is 5.91 Å². The molecule has 0 heterocycles. The molecule has 1 saturated carbocycles. The highest BCUT2D eigenvalue weighted by atomic mass is 35.5. The predicted molar refractivity (Wildman–Crippen MR) is 93.6 cm³/mol. The first-order valence-corrected chi connectivity index (χ1v) is 7.80. The van der Waals surface area contributed by atoms with Crippen LogP contribution in [-0.2, 0) is 11.3 Å². The third-order valence-electron chi connectivity index (χ3n) is 4.26. The second kappa shape index (κ2) is 8.31. The van der Waals surface area contributed by atoms with Gasteiger partial charge in [0.15, 0.2) is 0 Å². The van der Waals surface area contributed by atoms with Crippen LogP contribution in [-0.4, -0.2) is 36.3 Å². The fourth-order valence-electron chi connectivity index (χ4n) is 2.79. The van der Waals surface area contributed by atoms with Crippen molar-refractivity contribution in [3.8, 4) is 0 Å². The van der Waals surface area contributed by atoms with Crippen molar-refractivity contribution in [2.24, 2.45) is 5.73 Å². The largest absolute Gasteiger partial charge is 0.350 e. The zero-order valence-corrected chi connectivity index (χ0v) is 14.6. The summed E-state index contributed by atoms with van der Waals surface area (Å²) < 4.78 is 0. The second-order valence-electron chi connectivity index (χ2n) is 6.30. The zero-order chi connectivity index (χ0) is 16.2. The minimum atomic E-state index is -0.709. The molecular weight excluding hydrogens is 314 g/mol. The Morgan fingerprint density at radius 3 is 2.22 bits per heavy atom. The molecule has 0 aromatic heterocycles. The van der Waals surface area contributed by atoms with Crippen LogP contribution in [0.3, 0.4) is 0 Å². The number of hydrogen-bond acceptors (Lipinski definition) is 3. The Morgan fingerprint density at radius 1 is 1.13 bits per heavy atom. The predicted octanol–water partition coefficient (Wildman–Crippen LogP) is 2.09. The molecule has 0 saturated heterocycles. The van der Waals surface area contributed by atoms with Crippen LogP contribution in [0.1, 0.15) is 48.0 Å². The van der Waals surface area contributed by atoms with Crippen LogP contribution in [0.5, 0.6) is 0 Å². The Morgan fingerprint density at radius 2 is 1.70 bits per heavy atom. The van der Waals surface area contributed by atoms with Gasteiger partial charge in [0.25, 0.3) is 5.91 Å². The molecule has 5 nitrogen and oxygen atoms in total. The van der Waals surface area contributed by atoms with Crippen molar-refractivity contribution in [3.05, 3.63) is 35.4 Å². The maximum Gasteiger partial charge on any atom is 0.253 e. The van der Waals surface area contributed by atoms with Gasteiger partial charge in [-0.05, 0) is 30.5 Å². The van der Waals surface area contributed by atoms with Crippen LogP contribution in [0.4, 0.5) is 0 Å². The van der Waals surface area contributed by atoms with E-state index in [0.717, 1.165) is 37.7 Å². The Bertz CT molecular complexity index is 537. The molecule has 0 spiro atoms. The maximum absolute atomic E-state index is 12.3. The summed E-state index contributed by atoms with van der Waals surface area (Å²) in [6, 6.07) is 7.29. The van der Waals surface area contributed by atoms with Gasteiger partial charge in [0.1, 0.15) is 0 Å². The number of hydrogen-bond donors (Lipinski definition) is 2. The van der Waals surface area contributed by atoms with E-state index in [2.05, 4.69) is 5.32 Å². The van der Waals surface area contributed by atoms with Gasteiger partial charge < -0.3 is 16.0 Å². The SMILES string of the molecule is CN(C)C(=O)c1ccc(CNC(=O)C2(N)CCCCC2)cc1.Cl. The van der Waals surface area contributed by atoms with Crippen LogP contribution in [0.15, 0.2) is 24.3 Å². The summed E-state index contributed by atoms with van der Waals surface area (Å²) in [7, 11) is 3.45. The standard InChI is InChI=1S/C17H25N3O2.ClH/c1-20(2)15(21)14-8-6-13(7-9-14)12-19-16(22)17(18)10-4-3-5-11-17;/h6-9H,3-5,10-12,18H2,1-2H3,(H,19,22);1H. The van der Waals surface area contributed by atoms with Crippen molar-refractivity contribution in [3.63, 3.8) is 0 Å². The topological polar surface area (TPSA) is 75.4 Å². The number of carbonyl (C=O) groups is 2. The molecule has 6 heteroatoms. The molecule has 1 fully saturated rings. The Balaban J connectivity index is 0.00000264. The van der Waals surface area contributed by atoms with Gasteiger partial charge in [-0.2, -0.15) is 0 Å². The summed E-state index contributed by atoms with van der Waals surface area (Å²) in [6.45, 7) is 0.439. The van der Waals surface area contributed by atoms with E-state index in [0.29, 0.717) is 12.1 Å². The summed E-state index contributed by atoms with van der Waals surface area (Å²) in [6.07, 6.45) is 4.72. The van der Waals surface area contributed by atoms with E-state index >= 15 is 0 Å². The van der Waals surface area contributed by atoms with Crippen molar-refractivity contribution >= 4 is 24.2 Å². The van der Waals surface area contributed by atoms with Crippen LogP contribution < -0.4 is 11.1 Å². The van der Waals surface area contributed by atoms with E-state index in [-0.39, 0.29) is 24.2 Å². The Labute approximate surface area is 144 Å². The van der Waals surface area contributed by atoms with E-state index in [4.69, 9.17) is 5.73 Å². The van der Waals surface area contributed by atoms with Gasteiger partial charge in [-0.3, -0.25) is 9.59 Å². The fraction of sp³-hybridized carbons (Fsp3) is 0.529. The Kier molecular flexibility index (Phi) is 7.03. The fourth-order valence-corrected chi connectivity index (χ4v) is 2.79. The van der Waals surface area contributed by atoms with Crippen LogP contribution in [0, 0.1) is 0 Å². The summed E-state index contributed by atoms with van der Waals surface area (Å²) >= 11 is 0. The van der Waals surface area contributed by atoms with Crippen molar-refractivity contribution in [2.45, 2.75) is 44.2 Å². The highest BCUT2D eigenvalue weighted by Crippen LogP contribution is 2.26. The first-order chi connectivity index (χ1) is 10.4. The number of nitrogens with two attached hydrogens (primary N) is 1. The Hall–Kier alpha value is -1.59. The maximum atomic E-state index is 12.3. The molecule has 2 rings (SSSR count). The highest BCUT2D eigenvalue weighted by Gasteiger charge is 2.34. The molecule has 3 N–H and O–H groups in total. The average Bonchev–Trinajstić information content (AvgIpc) is 2.53. The molecule has 128 valence electrons. The van der Waals surface area contributed by atoms with E-state index in [1.165, 1.54) is 4.90 Å². The van der Waals surface area contributed by atoms with E-state index in [1.807, 2.05) is 12.1 Å². The van der Waals surface area contributed by atoms with E-state index in [9.17, 15) is 9.59 Å². The summed E-state index contributed by atoms with van der Waals surface area (Å²) in [5, 5.41) is 2.92. The van der Waals surface area contributed by atoms with E-state index in [1.54, 1.807) is 26.2 Å². The van der Waals surface area contributed by atoms with Crippen molar-refractivity contribution in [1.82, 2.24) is 10.2 Å². The summed E-state index contributed by atoms with van der Waals surface area (Å²) in [4.78, 5) is 25.6. The van der Waals surface area contributed by atoms with Crippen LogP contribution in [0.25, 0.3) is 0 Å². The minimum absolute atomic E-state index is 0. The molecule has 1 aliphatic carbocycles. The average molecular weight is 340 g/mol. The monoisotopic (exact) mass is 339 g/mol. The molecule has 0 bridgehead atoms. The molecule has 23 heavy (non-hydrogen) atoms. The number of rotatable bonds is 4. The minimum Gasteiger partial charge on any atom is -0.350 e. The molecule has 0 aliphatic heterocycles. The van der Waals surface area contributed by atoms with Gasteiger partial charge in [-0.15, -0.1) is 12.4 Å². The molecule has 0 unspecified atom stereocenters. The number of benzene rings is 1. The molecule has 1 aliphatic rings. The number of carbonyl (C=O) groups excluding carboxylic acids is 2. The number of nitrogens with zero attached hydrogens (tertiary/aromatic N) is 1. The van der Waals surface area contributed by atoms with E-state index < -0.39 is 5.54 Å². The molecule has 0 atom stereocenters. The smallest absolute Gasteiger partial charge is 0.253 e. The lowest BCUT2D eigenvalue weighted by Crippen LogP contribution is -2.54. The van der Waals surface area contributed by atoms with Crippen LogP contribution in [0.2, 0.25) is 0 Å². The highest BCUT2D eigenvalue weighted by molar-refractivity contribution is 5.93. The van der Waals surface area contributed by atoms with Crippen LogP contribution >= 0.6 is 12.4 Å². The number of nitrogens with one attached hydrogen (secondary N) is 1. The van der Waals surface area contributed by atoms with Crippen molar-refractivity contribution in [2.75, 3.05) is 14.1 Å². The van der Waals surface area contributed by atoms with Crippen molar-refractivity contribution in [1.29, 1.82) is 0 Å². The molecular formula is C17H26ClN3O2. The first kappa shape index (κ1) is 19.5. The number of amides is 2. The summed E-state index contributed by atoms with van der Waals surface area (Å²) in [5.41, 5.74) is 7.09. The molecule has 2 amide bonds. The third kappa shape index (κ3) is 4.94. The normalized spacial score (nSPS) is 16.1. The number of halogens is 1. The lowest BCUT2D eigenvalue weighted by atomic mass is 9.82.